The molecule has 36 heavy (non-hydrogen) atoms. The lowest BCUT2D eigenvalue weighted by Gasteiger charge is -2.29. The van der Waals surface area contributed by atoms with E-state index < -0.39 is 11.7 Å². The first kappa shape index (κ1) is 26.9. The normalized spacial score (nSPS) is 13.7. The Morgan fingerprint density at radius 1 is 1.11 bits per heavy atom. The summed E-state index contributed by atoms with van der Waals surface area (Å²) in [6, 6.07) is 7.69. The Morgan fingerprint density at radius 2 is 1.81 bits per heavy atom. The van der Waals surface area contributed by atoms with Crippen LogP contribution >= 0.6 is 0 Å². The zero-order chi connectivity index (χ0) is 26.5. The van der Waals surface area contributed by atoms with Gasteiger partial charge in [0.15, 0.2) is 5.65 Å². The first-order valence-electron chi connectivity index (χ1n) is 12.1. The number of imidazole rings is 1. The van der Waals surface area contributed by atoms with Crippen molar-refractivity contribution in [1.82, 2.24) is 14.5 Å². The summed E-state index contributed by atoms with van der Waals surface area (Å²) < 4.78 is 17.0. The minimum atomic E-state index is -0.725. The number of anilines is 1. The fourth-order valence-electron chi connectivity index (χ4n) is 4.21. The second-order valence-corrected chi connectivity index (χ2v) is 9.76. The number of aromatic nitrogens is 3. The summed E-state index contributed by atoms with van der Waals surface area (Å²) in [6.07, 6.45) is 2.89. The van der Waals surface area contributed by atoms with Gasteiger partial charge >= 0.3 is 11.8 Å². The molecule has 0 radical (unpaired) electrons. The van der Waals surface area contributed by atoms with E-state index in [1.165, 1.54) is 19.3 Å². The number of nitrogens with two attached hydrogens (primary N) is 1. The molecule has 0 spiro atoms. The van der Waals surface area contributed by atoms with Crippen LogP contribution in [-0.4, -0.2) is 53.5 Å². The number of primary amides is 1. The average molecular weight is 500 g/mol. The summed E-state index contributed by atoms with van der Waals surface area (Å²) in [5, 5.41) is 0. The summed E-state index contributed by atoms with van der Waals surface area (Å²) >= 11 is 0. The third-order valence-corrected chi connectivity index (χ3v) is 5.77. The van der Waals surface area contributed by atoms with Crippen molar-refractivity contribution >= 4 is 22.9 Å². The molecule has 0 aliphatic carbocycles. The smallest absolute Gasteiger partial charge is 0.405 e. The molecule has 4 rings (SSSR count). The molecule has 0 atom stereocenters. The predicted molar refractivity (Wildman–Crippen MR) is 140 cm³/mol. The molecule has 0 saturated carbocycles. The molecule has 1 aliphatic rings. The van der Waals surface area contributed by atoms with Gasteiger partial charge in [0.25, 0.3) is 0 Å². The molecule has 1 amide bonds. The van der Waals surface area contributed by atoms with Crippen molar-refractivity contribution in [2.24, 2.45) is 5.73 Å². The fraction of sp³-hybridized carbons (Fsp3) is 0.500. The summed E-state index contributed by atoms with van der Waals surface area (Å²) in [4.78, 5) is 32.9. The van der Waals surface area contributed by atoms with E-state index in [4.69, 9.17) is 15.2 Å². The van der Waals surface area contributed by atoms with Crippen molar-refractivity contribution in [3.05, 3.63) is 46.0 Å². The standard InChI is InChI=1S/C21H26N4O3.C5H11NO2/c1-14-11-17(24-9-5-4-6-10-24)19-20(22-14)25(21(26)23-19)13-15-7-8-16(27-2)12-18(15)28-3;1-5(2,3)8-4(6)7/h7-8,11-12H,4-6,9-10,13H2,1-3H3,(H,23,26);1-3H3,(H2,6,7). The Hall–Kier alpha value is -3.69. The van der Waals surface area contributed by atoms with Crippen LogP contribution in [-0.2, 0) is 11.3 Å². The van der Waals surface area contributed by atoms with E-state index in [2.05, 4.69) is 25.7 Å². The van der Waals surface area contributed by atoms with Crippen molar-refractivity contribution < 1.29 is 19.0 Å². The number of aromatic amines is 1. The van der Waals surface area contributed by atoms with Gasteiger partial charge in [-0.1, -0.05) is 0 Å². The van der Waals surface area contributed by atoms with Crippen molar-refractivity contribution in [1.29, 1.82) is 0 Å². The minimum absolute atomic E-state index is 0.163. The van der Waals surface area contributed by atoms with E-state index in [1.807, 2.05) is 25.1 Å². The van der Waals surface area contributed by atoms with Crippen molar-refractivity contribution in [3.8, 4) is 11.5 Å². The third kappa shape index (κ3) is 6.71. The number of methoxy groups -OCH3 is 2. The zero-order valence-corrected chi connectivity index (χ0v) is 22.0. The molecule has 3 N–H and O–H groups in total. The van der Waals surface area contributed by atoms with E-state index in [0.29, 0.717) is 23.7 Å². The number of carbonyl (C=O) groups excluding carboxylic acids is 1. The maximum atomic E-state index is 12.8. The number of carbonyl (C=O) groups is 1. The number of piperidine rings is 1. The van der Waals surface area contributed by atoms with Crippen LogP contribution < -0.4 is 25.8 Å². The molecular formula is C26H37N5O5. The summed E-state index contributed by atoms with van der Waals surface area (Å²) in [5.74, 6) is 1.40. The first-order valence-corrected chi connectivity index (χ1v) is 12.1. The van der Waals surface area contributed by atoms with E-state index in [1.54, 1.807) is 39.6 Å². The lowest BCUT2D eigenvalue weighted by atomic mass is 10.1. The molecule has 196 valence electrons. The van der Waals surface area contributed by atoms with Crippen LogP contribution in [0, 0.1) is 6.92 Å². The van der Waals surface area contributed by atoms with Gasteiger partial charge in [-0.15, -0.1) is 0 Å². The molecule has 1 aromatic carbocycles. The molecule has 1 saturated heterocycles. The van der Waals surface area contributed by atoms with Crippen LogP contribution in [0.1, 0.15) is 51.3 Å². The maximum Gasteiger partial charge on any atom is 0.405 e. The number of hydrogen-bond acceptors (Lipinski definition) is 7. The molecule has 3 heterocycles. The number of nitrogens with zero attached hydrogens (tertiary/aromatic N) is 3. The van der Waals surface area contributed by atoms with Crippen LogP contribution in [0.25, 0.3) is 11.2 Å². The third-order valence-electron chi connectivity index (χ3n) is 5.77. The van der Waals surface area contributed by atoms with Gasteiger partial charge in [0.2, 0.25) is 0 Å². The zero-order valence-electron chi connectivity index (χ0n) is 22.0. The Bertz CT molecular complexity index is 1250. The number of benzene rings is 1. The second-order valence-electron chi connectivity index (χ2n) is 9.76. The topological polar surface area (TPSA) is 125 Å². The highest BCUT2D eigenvalue weighted by molar-refractivity contribution is 5.86. The highest BCUT2D eigenvalue weighted by atomic mass is 16.6. The molecular weight excluding hydrogens is 462 g/mol. The quantitative estimate of drug-likeness (QED) is 0.544. The van der Waals surface area contributed by atoms with Gasteiger partial charge in [-0.05, 0) is 65.2 Å². The predicted octanol–water partition coefficient (Wildman–Crippen LogP) is 3.97. The van der Waals surface area contributed by atoms with E-state index in [9.17, 15) is 9.59 Å². The average Bonchev–Trinajstić information content (AvgIpc) is 3.13. The Morgan fingerprint density at radius 3 is 2.36 bits per heavy atom. The largest absolute Gasteiger partial charge is 0.497 e. The van der Waals surface area contributed by atoms with Gasteiger partial charge in [-0.2, -0.15) is 0 Å². The summed E-state index contributed by atoms with van der Waals surface area (Å²) in [6.45, 7) is 9.66. The van der Waals surface area contributed by atoms with E-state index in [0.717, 1.165) is 35.6 Å². The molecule has 1 aliphatic heterocycles. The van der Waals surface area contributed by atoms with Crippen molar-refractivity contribution in [3.63, 3.8) is 0 Å². The molecule has 1 fully saturated rings. The number of aryl methyl sites for hydroxylation is 1. The number of pyridine rings is 1. The number of rotatable bonds is 5. The van der Waals surface area contributed by atoms with Gasteiger partial charge in [0.05, 0.1) is 26.5 Å². The van der Waals surface area contributed by atoms with E-state index >= 15 is 0 Å². The highest BCUT2D eigenvalue weighted by Crippen LogP contribution is 2.29. The molecule has 10 nitrogen and oxygen atoms in total. The monoisotopic (exact) mass is 499 g/mol. The van der Waals surface area contributed by atoms with Crippen LogP contribution in [0.15, 0.2) is 29.1 Å². The number of fused-ring (bicyclic) bond motifs is 1. The lowest BCUT2D eigenvalue weighted by molar-refractivity contribution is 0.0600. The van der Waals surface area contributed by atoms with Gasteiger partial charge in [0, 0.05) is 30.4 Å². The van der Waals surface area contributed by atoms with Crippen LogP contribution in [0.5, 0.6) is 11.5 Å². The Kier molecular flexibility index (Phi) is 8.49. The molecule has 10 heteroatoms. The summed E-state index contributed by atoms with van der Waals surface area (Å²) in [5.41, 5.74) is 8.47. The highest BCUT2D eigenvalue weighted by Gasteiger charge is 2.20. The van der Waals surface area contributed by atoms with Crippen molar-refractivity contribution in [2.75, 3.05) is 32.2 Å². The van der Waals surface area contributed by atoms with Gasteiger partial charge in [-0.3, -0.25) is 4.57 Å². The molecule has 0 unspecified atom stereocenters. The molecule has 2 aromatic heterocycles. The van der Waals surface area contributed by atoms with Crippen LogP contribution in [0.2, 0.25) is 0 Å². The number of nitrogens with one attached hydrogen (secondary N) is 1. The molecule has 3 aromatic rings. The number of ether oxygens (including phenoxy) is 3. The fourth-order valence-corrected chi connectivity index (χ4v) is 4.21. The van der Waals surface area contributed by atoms with Gasteiger partial charge in [-0.25, -0.2) is 14.6 Å². The SMILES string of the molecule is CC(C)(C)OC(N)=O.COc1ccc(Cn2c(=O)[nH]c3c(N4CCCCC4)cc(C)nc32)c(OC)c1. The number of H-pyrrole nitrogens is 1. The minimum Gasteiger partial charge on any atom is -0.497 e. The first-order chi connectivity index (χ1) is 17.0. The number of amides is 1. The Labute approximate surface area is 211 Å². The van der Waals surface area contributed by atoms with E-state index in [-0.39, 0.29) is 5.69 Å². The number of hydrogen-bond donors (Lipinski definition) is 2. The van der Waals surface area contributed by atoms with Crippen LogP contribution in [0.3, 0.4) is 0 Å². The van der Waals surface area contributed by atoms with Gasteiger partial charge in [0.1, 0.15) is 22.6 Å². The van der Waals surface area contributed by atoms with Gasteiger partial charge < -0.3 is 29.8 Å². The summed E-state index contributed by atoms with van der Waals surface area (Å²) in [7, 11) is 3.24. The Balaban J connectivity index is 0.000000392. The van der Waals surface area contributed by atoms with Crippen molar-refractivity contribution in [2.45, 2.75) is 59.1 Å². The maximum absolute atomic E-state index is 12.8. The second kappa shape index (κ2) is 11.4. The van der Waals surface area contributed by atoms with Crippen LogP contribution in [0.4, 0.5) is 10.5 Å². The lowest BCUT2D eigenvalue weighted by Crippen LogP contribution is -2.29. The molecule has 0 bridgehead atoms.